The number of rotatable bonds is 7. The van der Waals surface area contributed by atoms with Crippen molar-refractivity contribution in [1.29, 1.82) is 0 Å². The lowest BCUT2D eigenvalue weighted by Gasteiger charge is -2.23. The van der Waals surface area contributed by atoms with E-state index in [0.29, 0.717) is 12.0 Å². The standard InChI is InChI=1S/C32H32N4O3/c1-32(2,3)39-31(38)34-20-24(18-21-10-6-4-7-11-21)35-30(37)27-26-15-14-23-19-33-17-16-25(23)29(26)36-28(27)22-12-8-5-9-13-22/h4-17,19,24,36H,18,20H2,1-3H3,(H,34,38)(H,35,37). The van der Waals surface area contributed by atoms with E-state index in [1.807, 2.05) is 106 Å². The molecule has 0 aliphatic heterocycles. The SMILES string of the molecule is CC(C)(C)OC(=O)NCC(Cc1ccccc1)NC(=O)c1c(-c2ccccc2)[nH]c2c1ccc1cnccc12. The van der Waals surface area contributed by atoms with Gasteiger partial charge >= 0.3 is 6.09 Å². The number of aromatic nitrogens is 2. The molecule has 7 heteroatoms. The highest BCUT2D eigenvalue weighted by Crippen LogP contribution is 2.34. The molecule has 0 bridgehead atoms. The Bertz CT molecular complexity index is 1610. The summed E-state index contributed by atoms with van der Waals surface area (Å²) >= 11 is 0. The third-order valence-electron chi connectivity index (χ3n) is 6.43. The maximum Gasteiger partial charge on any atom is 0.407 e. The van der Waals surface area contributed by atoms with E-state index in [1.54, 1.807) is 6.20 Å². The first kappa shape index (κ1) is 26.0. The highest BCUT2D eigenvalue weighted by molar-refractivity contribution is 6.18. The van der Waals surface area contributed by atoms with Crippen LogP contribution in [0.25, 0.3) is 32.9 Å². The summed E-state index contributed by atoms with van der Waals surface area (Å²) in [5.74, 6) is -0.222. The minimum atomic E-state index is -0.616. The van der Waals surface area contributed by atoms with Crippen molar-refractivity contribution in [3.05, 3.63) is 102 Å². The molecule has 2 aromatic heterocycles. The molecule has 3 N–H and O–H groups in total. The maximum atomic E-state index is 14.0. The predicted octanol–water partition coefficient (Wildman–Crippen LogP) is 6.25. The van der Waals surface area contributed by atoms with Crippen LogP contribution in [0, 0.1) is 0 Å². The Morgan fingerprint density at radius 2 is 1.64 bits per heavy atom. The van der Waals surface area contributed by atoms with E-state index in [4.69, 9.17) is 4.74 Å². The monoisotopic (exact) mass is 520 g/mol. The van der Waals surface area contributed by atoms with Gasteiger partial charge in [0.15, 0.2) is 0 Å². The molecule has 2 heterocycles. The second-order valence-electron chi connectivity index (χ2n) is 10.6. The minimum Gasteiger partial charge on any atom is -0.444 e. The molecule has 2 amide bonds. The van der Waals surface area contributed by atoms with Gasteiger partial charge in [-0.3, -0.25) is 9.78 Å². The summed E-state index contributed by atoms with van der Waals surface area (Å²) in [6.45, 7) is 5.67. The fourth-order valence-corrected chi connectivity index (χ4v) is 4.74. The number of ether oxygens (including phenoxy) is 1. The molecule has 198 valence electrons. The lowest BCUT2D eigenvalue weighted by atomic mass is 10.0. The van der Waals surface area contributed by atoms with Gasteiger partial charge in [-0.1, -0.05) is 72.8 Å². The molecular weight excluding hydrogens is 488 g/mol. The molecule has 0 spiro atoms. The van der Waals surface area contributed by atoms with Crippen LogP contribution in [-0.4, -0.2) is 40.2 Å². The zero-order valence-electron chi connectivity index (χ0n) is 22.3. The van der Waals surface area contributed by atoms with Gasteiger partial charge in [-0.05, 0) is 44.4 Å². The average Bonchev–Trinajstić information content (AvgIpc) is 3.32. The van der Waals surface area contributed by atoms with Gasteiger partial charge in [0, 0.05) is 35.1 Å². The van der Waals surface area contributed by atoms with Crippen molar-refractivity contribution in [3.63, 3.8) is 0 Å². The molecule has 0 aliphatic rings. The number of nitrogens with zero attached hydrogens (tertiary/aromatic N) is 1. The van der Waals surface area contributed by atoms with E-state index in [-0.39, 0.29) is 18.5 Å². The zero-order valence-corrected chi connectivity index (χ0v) is 22.3. The molecule has 3 aromatic carbocycles. The van der Waals surface area contributed by atoms with Gasteiger partial charge in [-0.25, -0.2) is 4.79 Å². The molecule has 0 fully saturated rings. The first-order valence-corrected chi connectivity index (χ1v) is 13.0. The Morgan fingerprint density at radius 3 is 2.36 bits per heavy atom. The number of amides is 2. The summed E-state index contributed by atoms with van der Waals surface area (Å²) in [5.41, 5.74) is 3.53. The van der Waals surface area contributed by atoms with E-state index in [0.717, 1.165) is 38.5 Å². The van der Waals surface area contributed by atoms with Crippen molar-refractivity contribution < 1.29 is 14.3 Å². The number of pyridine rings is 1. The van der Waals surface area contributed by atoms with Crippen molar-refractivity contribution in [2.75, 3.05) is 6.54 Å². The Labute approximate surface area is 227 Å². The lowest BCUT2D eigenvalue weighted by molar-refractivity contribution is 0.0519. The molecule has 0 aliphatic carbocycles. The molecule has 39 heavy (non-hydrogen) atoms. The van der Waals surface area contributed by atoms with Crippen LogP contribution >= 0.6 is 0 Å². The number of fused-ring (bicyclic) bond motifs is 3. The van der Waals surface area contributed by atoms with Gasteiger partial charge in [0.25, 0.3) is 5.91 Å². The van der Waals surface area contributed by atoms with Crippen LogP contribution in [0.5, 0.6) is 0 Å². The minimum absolute atomic E-state index is 0.215. The highest BCUT2D eigenvalue weighted by atomic mass is 16.6. The number of benzene rings is 3. The maximum absolute atomic E-state index is 14.0. The van der Waals surface area contributed by atoms with Crippen molar-refractivity contribution in [2.24, 2.45) is 0 Å². The number of nitrogens with one attached hydrogen (secondary N) is 3. The van der Waals surface area contributed by atoms with Crippen molar-refractivity contribution in [1.82, 2.24) is 20.6 Å². The Morgan fingerprint density at radius 1 is 0.923 bits per heavy atom. The van der Waals surface area contributed by atoms with Crippen molar-refractivity contribution in [2.45, 2.75) is 38.8 Å². The first-order chi connectivity index (χ1) is 18.8. The second-order valence-corrected chi connectivity index (χ2v) is 10.6. The number of hydrogen-bond acceptors (Lipinski definition) is 4. The van der Waals surface area contributed by atoms with E-state index >= 15 is 0 Å². The summed E-state index contributed by atoms with van der Waals surface area (Å²) in [6.07, 6.45) is 3.59. The zero-order chi connectivity index (χ0) is 27.4. The van der Waals surface area contributed by atoms with Crippen molar-refractivity contribution >= 4 is 33.7 Å². The number of hydrogen-bond donors (Lipinski definition) is 3. The first-order valence-electron chi connectivity index (χ1n) is 13.0. The molecule has 1 unspecified atom stereocenters. The average molecular weight is 521 g/mol. The fraction of sp³-hybridized carbons (Fsp3) is 0.219. The highest BCUT2D eigenvalue weighted by Gasteiger charge is 2.24. The van der Waals surface area contributed by atoms with E-state index in [2.05, 4.69) is 20.6 Å². The summed E-state index contributed by atoms with van der Waals surface area (Å²) < 4.78 is 5.42. The van der Waals surface area contributed by atoms with Crippen LogP contribution in [0.1, 0.15) is 36.7 Å². The molecule has 0 saturated heterocycles. The number of carbonyl (C=O) groups excluding carboxylic acids is 2. The number of H-pyrrole nitrogens is 1. The smallest absolute Gasteiger partial charge is 0.407 e. The molecule has 5 aromatic rings. The normalized spacial score (nSPS) is 12.3. The molecule has 7 nitrogen and oxygen atoms in total. The lowest BCUT2D eigenvalue weighted by Crippen LogP contribution is -2.46. The van der Waals surface area contributed by atoms with Gasteiger partial charge in [-0.15, -0.1) is 0 Å². The molecule has 0 saturated carbocycles. The van der Waals surface area contributed by atoms with Crippen LogP contribution in [0.3, 0.4) is 0 Å². The van der Waals surface area contributed by atoms with Crippen LogP contribution in [0.4, 0.5) is 4.79 Å². The molecular formula is C32H32N4O3. The Kier molecular flexibility index (Phi) is 7.32. The fourth-order valence-electron chi connectivity index (χ4n) is 4.74. The summed E-state index contributed by atoms with van der Waals surface area (Å²) in [5, 5.41) is 8.82. The van der Waals surface area contributed by atoms with Gasteiger partial charge in [0.05, 0.1) is 22.8 Å². The van der Waals surface area contributed by atoms with Gasteiger partial charge in [0.2, 0.25) is 0 Å². The van der Waals surface area contributed by atoms with Crippen LogP contribution in [-0.2, 0) is 11.2 Å². The Hall–Kier alpha value is -4.65. The predicted molar refractivity (Wildman–Crippen MR) is 155 cm³/mol. The summed E-state index contributed by atoms with van der Waals surface area (Å²) in [4.78, 5) is 34.2. The molecule has 1 atom stereocenters. The van der Waals surface area contributed by atoms with Crippen LogP contribution in [0.2, 0.25) is 0 Å². The Balaban J connectivity index is 1.51. The van der Waals surface area contributed by atoms with Crippen molar-refractivity contribution in [3.8, 4) is 11.3 Å². The van der Waals surface area contributed by atoms with E-state index in [1.165, 1.54) is 0 Å². The van der Waals surface area contributed by atoms with E-state index < -0.39 is 11.7 Å². The van der Waals surface area contributed by atoms with Gasteiger partial charge in [0.1, 0.15) is 5.60 Å². The summed E-state index contributed by atoms with van der Waals surface area (Å²) in [7, 11) is 0. The third-order valence-corrected chi connectivity index (χ3v) is 6.43. The van der Waals surface area contributed by atoms with Gasteiger partial charge < -0.3 is 20.4 Å². The largest absolute Gasteiger partial charge is 0.444 e. The van der Waals surface area contributed by atoms with Crippen LogP contribution < -0.4 is 10.6 Å². The number of aromatic amines is 1. The van der Waals surface area contributed by atoms with Crippen LogP contribution in [0.15, 0.2) is 91.3 Å². The third kappa shape index (κ3) is 6.09. The van der Waals surface area contributed by atoms with E-state index in [9.17, 15) is 9.59 Å². The molecule has 5 rings (SSSR count). The summed E-state index contributed by atoms with van der Waals surface area (Å²) in [6, 6.07) is 25.2. The molecule has 0 radical (unpaired) electrons. The second kappa shape index (κ2) is 11.0. The topological polar surface area (TPSA) is 96.1 Å². The van der Waals surface area contributed by atoms with Gasteiger partial charge in [-0.2, -0.15) is 0 Å². The quantitative estimate of drug-likeness (QED) is 0.236. The number of carbonyl (C=O) groups is 2. The number of alkyl carbamates (subject to hydrolysis) is 1.